The van der Waals surface area contributed by atoms with Gasteiger partial charge in [-0.3, -0.25) is 4.79 Å². The van der Waals surface area contributed by atoms with Crippen LogP contribution in [-0.2, 0) is 12.8 Å². The molecular weight excluding hydrogens is 316 g/mol. The first kappa shape index (κ1) is 13.2. The Kier molecular flexibility index (Phi) is 3.49. The highest BCUT2D eigenvalue weighted by Gasteiger charge is 2.13. The quantitative estimate of drug-likeness (QED) is 0.823. The van der Waals surface area contributed by atoms with Crippen LogP contribution in [0.15, 0.2) is 40.9 Å². The van der Waals surface area contributed by atoms with Crippen LogP contribution in [0, 0.1) is 0 Å². The number of fused-ring (bicyclic) bond motifs is 1. The van der Waals surface area contributed by atoms with Crippen molar-refractivity contribution in [1.82, 2.24) is 0 Å². The van der Waals surface area contributed by atoms with Crippen LogP contribution in [0.2, 0.25) is 0 Å². The predicted molar refractivity (Wildman–Crippen MR) is 85.0 cm³/mol. The largest absolute Gasteiger partial charge is 0.398 e. The Bertz CT molecular complexity index is 682. The second-order valence-corrected chi connectivity index (χ2v) is 5.94. The Morgan fingerprint density at radius 1 is 1.10 bits per heavy atom. The highest BCUT2D eigenvalue weighted by atomic mass is 79.9. The minimum absolute atomic E-state index is 0.173. The summed E-state index contributed by atoms with van der Waals surface area (Å²) < 4.78 is 0.865. The molecule has 0 aliphatic heterocycles. The van der Waals surface area contributed by atoms with E-state index in [9.17, 15) is 4.79 Å². The van der Waals surface area contributed by atoms with Gasteiger partial charge in [0.15, 0.2) is 0 Å². The number of carbonyl (C=O) groups excluding carboxylic acids is 1. The molecule has 0 spiro atoms. The van der Waals surface area contributed by atoms with Crippen LogP contribution in [0.4, 0.5) is 11.4 Å². The smallest absolute Gasteiger partial charge is 0.257 e. The van der Waals surface area contributed by atoms with Crippen LogP contribution in [0.5, 0.6) is 0 Å². The highest BCUT2D eigenvalue weighted by Crippen LogP contribution is 2.26. The van der Waals surface area contributed by atoms with Gasteiger partial charge in [0.25, 0.3) is 5.91 Å². The third kappa shape index (κ3) is 2.56. The second kappa shape index (κ2) is 5.29. The summed E-state index contributed by atoms with van der Waals surface area (Å²) in [7, 11) is 0. The van der Waals surface area contributed by atoms with Gasteiger partial charge < -0.3 is 11.1 Å². The van der Waals surface area contributed by atoms with Gasteiger partial charge in [-0.1, -0.05) is 22.0 Å². The standard InChI is InChI=1S/C16H15BrN2O/c17-12-5-7-14(15(18)9-12)16(20)19-13-6-4-10-2-1-3-11(10)8-13/h4-9H,1-3,18H2,(H,19,20). The van der Waals surface area contributed by atoms with E-state index >= 15 is 0 Å². The van der Waals surface area contributed by atoms with E-state index in [0.717, 1.165) is 23.0 Å². The molecule has 4 heteroatoms. The van der Waals surface area contributed by atoms with E-state index in [0.29, 0.717) is 11.3 Å². The zero-order valence-corrected chi connectivity index (χ0v) is 12.5. The summed E-state index contributed by atoms with van der Waals surface area (Å²) in [4.78, 5) is 12.2. The number of amides is 1. The highest BCUT2D eigenvalue weighted by molar-refractivity contribution is 9.10. The van der Waals surface area contributed by atoms with Gasteiger partial charge in [0, 0.05) is 15.8 Å². The molecule has 1 aliphatic rings. The van der Waals surface area contributed by atoms with Crippen LogP contribution in [-0.4, -0.2) is 5.91 Å². The van der Waals surface area contributed by atoms with E-state index in [1.54, 1.807) is 12.1 Å². The lowest BCUT2D eigenvalue weighted by Gasteiger charge is -2.09. The molecule has 0 aromatic heterocycles. The molecule has 20 heavy (non-hydrogen) atoms. The molecule has 0 radical (unpaired) electrons. The number of benzene rings is 2. The zero-order valence-electron chi connectivity index (χ0n) is 10.9. The summed E-state index contributed by atoms with van der Waals surface area (Å²) in [6.45, 7) is 0. The number of aryl methyl sites for hydroxylation is 2. The lowest BCUT2D eigenvalue weighted by molar-refractivity contribution is 0.102. The Morgan fingerprint density at radius 2 is 1.90 bits per heavy atom. The lowest BCUT2D eigenvalue weighted by Crippen LogP contribution is -2.14. The maximum absolute atomic E-state index is 12.2. The monoisotopic (exact) mass is 330 g/mol. The first-order valence-electron chi connectivity index (χ1n) is 6.61. The van der Waals surface area contributed by atoms with Gasteiger partial charge in [-0.25, -0.2) is 0 Å². The van der Waals surface area contributed by atoms with Gasteiger partial charge in [-0.05, 0) is 60.7 Å². The minimum Gasteiger partial charge on any atom is -0.398 e. The third-order valence-electron chi connectivity index (χ3n) is 3.61. The molecular formula is C16H15BrN2O. The molecule has 3 N–H and O–H groups in total. The average Bonchev–Trinajstić information content (AvgIpc) is 2.85. The topological polar surface area (TPSA) is 55.1 Å². The fourth-order valence-electron chi connectivity index (χ4n) is 2.59. The molecule has 2 aromatic carbocycles. The number of hydrogen-bond acceptors (Lipinski definition) is 2. The summed E-state index contributed by atoms with van der Waals surface area (Å²) in [5.41, 5.74) is 10.4. The molecule has 102 valence electrons. The Labute approximate surface area is 126 Å². The maximum Gasteiger partial charge on any atom is 0.257 e. The van der Waals surface area contributed by atoms with Crippen molar-refractivity contribution in [2.45, 2.75) is 19.3 Å². The molecule has 0 heterocycles. The van der Waals surface area contributed by atoms with Gasteiger partial charge >= 0.3 is 0 Å². The number of nitrogen functional groups attached to an aromatic ring is 1. The number of carbonyl (C=O) groups is 1. The van der Waals surface area contributed by atoms with Crippen molar-refractivity contribution in [1.29, 1.82) is 0 Å². The average molecular weight is 331 g/mol. The predicted octanol–water partition coefficient (Wildman–Crippen LogP) is 3.77. The second-order valence-electron chi connectivity index (χ2n) is 5.02. The Morgan fingerprint density at radius 3 is 2.70 bits per heavy atom. The van der Waals surface area contributed by atoms with Gasteiger partial charge in [0.1, 0.15) is 0 Å². The molecule has 3 rings (SSSR count). The van der Waals surface area contributed by atoms with Crippen molar-refractivity contribution >= 4 is 33.2 Å². The first-order chi connectivity index (χ1) is 9.63. The van der Waals surface area contributed by atoms with Gasteiger partial charge in [-0.15, -0.1) is 0 Å². The molecule has 3 nitrogen and oxygen atoms in total. The summed E-state index contributed by atoms with van der Waals surface area (Å²) in [5.74, 6) is -0.173. The van der Waals surface area contributed by atoms with E-state index in [1.165, 1.54) is 17.5 Å². The van der Waals surface area contributed by atoms with Crippen molar-refractivity contribution in [3.05, 3.63) is 57.6 Å². The van der Waals surface area contributed by atoms with E-state index in [2.05, 4.69) is 33.4 Å². The van der Waals surface area contributed by atoms with Gasteiger partial charge in [-0.2, -0.15) is 0 Å². The molecule has 0 saturated carbocycles. The molecule has 1 aliphatic carbocycles. The fourth-order valence-corrected chi connectivity index (χ4v) is 2.97. The van der Waals surface area contributed by atoms with Crippen LogP contribution in [0.1, 0.15) is 27.9 Å². The normalized spacial score (nSPS) is 13.1. The Hall–Kier alpha value is -1.81. The van der Waals surface area contributed by atoms with Gasteiger partial charge in [0.2, 0.25) is 0 Å². The lowest BCUT2D eigenvalue weighted by atomic mass is 10.1. The number of nitrogens with one attached hydrogen (secondary N) is 1. The third-order valence-corrected chi connectivity index (χ3v) is 4.11. The van der Waals surface area contributed by atoms with Crippen molar-refractivity contribution in [3.63, 3.8) is 0 Å². The van der Waals surface area contributed by atoms with E-state index < -0.39 is 0 Å². The molecule has 2 aromatic rings. The molecule has 0 bridgehead atoms. The summed E-state index contributed by atoms with van der Waals surface area (Å²) in [6.07, 6.45) is 3.44. The van der Waals surface area contributed by atoms with E-state index in [1.807, 2.05) is 12.1 Å². The first-order valence-corrected chi connectivity index (χ1v) is 7.41. The van der Waals surface area contributed by atoms with E-state index in [-0.39, 0.29) is 5.91 Å². The molecule has 0 atom stereocenters. The number of rotatable bonds is 2. The number of anilines is 2. The number of halogens is 1. The molecule has 0 unspecified atom stereocenters. The SMILES string of the molecule is Nc1cc(Br)ccc1C(=O)Nc1ccc2c(c1)CCC2. The maximum atomic E-state index is 12.2. The number of nitrogens with two attached hydrogens (primary N) is 1. The number of hydrogen-bond donors (Lipinski definition) is 2. The van der Waals surface area contributed by atoms with Crippen LogP contribution in [0.25, 0.3) is 0 Å². The van der Waals surface area contributed by atoms with E-state index in [4.69, 9.17) is 5.73 Å². The molecule has 0 fully saturated rings. The van der Waals surface area contributed by atoms with Crippen molar-refractivity contribution in [2.75, 3.05) is 11.1 Å². The molecule has 0 saturated heterocycles. The zero-order chi connectivity index (χ0) is 14.1. The summed E-state index contributed by atoms with van der Waals surface area (Å²) in [6, 6.07) is 11.4. The van der Waals surface area contributed by atoms with Gasteiger partial charge in [0.05, 0.1) is 5.56 Å². The fraction of sp³-hybridized carbons (Fsp3) is 0.188. The molecule has 1 amide bonds. The van der Waals surface area contributed by atoms with Crippen molar-refractivity contribution in [3.8, 4) is 0 Å². The van der Waals surface area contributed by atoms with Crippen LogP contribution in [0.3, 0.4) is 0 Å². The van der Waals surface area contributed by atoms with Crippen LogP contribution >= 0.6 is 15.9 Å². The van der Waals surface area contributed by atoms with Crippen LogP contribution < -0.4 is 11.1 Å². The minimum atomic E-state index is -0.173. The Balaban J connectivity index is 1.82. The van der Waals surface area contributed by atoms with Crippen molar-refractivity contribution < 1.29 is 4.79 Å². The van der Waals surface area contributed by atoms with Crippen molar-refractivity contribution in [2.24, 2.45) is 0 Å². The summed E-state index contributed by atoms with van der Waals surface area (Å²) >= 11 is 3.33. The summed E-state index contributed by atoms with van der Waals surface area (Å²) in [5, 5.41) is 2.91.